The second-order valence-corrected chi connectivity index (χ2v) is 6.77. The predicted molar refractivity (Wildman–Crippen MR) is 102 cm³/mol. The van der Waals surface area contributed by atoms with Crippen molar-refractivity contribution in [1.29, 1.82) is 0 Å². The zero-order valence-corrected chi connectivity index (χ0v) is 15.5. The summed E-state index contributed by atoms with van der Waals surface area (Å²) in [5, 5.41) is 0. The van der Waals surface area contributed by atoms with Gasteiger partial charge >= 0.3 is 0 Å². The summed E-state index contributed by atoms with van der Waals surface area (Å²) in [7, 11) is 0. The van der Waals surface area contributed by atoms with Crippen molar-refractivity contribution in [2.75, 3.05) is 26.2 Å². The Balaban J connectivity index is 1.39. The molecule has 0 atom stereocenters. The Morgan fingerprint density at radius 3 is 2.07 bits per heavy atom. The second-order valence-electron chi connectivity index (χ2n) is 6.77. The number of rotatable bonds is 3. The van der Waals surface area contributed by atoms with Crippen LogP contribution in [0.4, 0.5) is 8.78 Å². The number of nitrogens with zero attached hydrogens (tertiary/aromatic N) is 2. The van der Waals surface area contributed by atoms with Crippen LogP contribution in [0.1, 0.15) is 20.9 Å². The first kappa shape index (κ1) is 18.9. The smallest absolute Gasteiger partial charge is 0.289 e. The van der Waals surface area contributed by atoms with Crippen molar-refractivity contribution in [3.63, 3.8) is 0 Å². The Bertz CT molecular complexity index is 1040. The fourth-order valence-corrected chi connectivity index (χ4v) is 3.29. The van der Waals surface area contributed by atoms with Gasteiger partial charge in [-0.3, -0.25) is 9.59 Å². The Labute approximate surface area is 166 Å². The summed E-state index contributed by atoms with van der Waals surface area (Å²) in [5.74, 6) is -0.659. The number of carbonyl (C=O) groups excluding carboxylic acids is 2. The van der Waals surface area contributed by atoms with Crippen LogP contribution < -0.4 is 0 Å². The van der Waals surface area contributed by atoms with Gasteiger partial charge < -0.3 is 14.2 Å². The van der Waals surface area contributed by atoms with E-state index >= 15 is 0 Å². The number of benzene rings is 2. The van der Waals surface area contributed by atoms with Gasteiger partial charge in [-0.25, -0.2) is 8.78 Å². The van der Waals surface area contributed by atoms with E-state index in [2.05, 4.69) is 0 Å². The van der Waals surface area contributed by atoms with Gasteiger partial charge in [0.25, 0.3) is 11.8 Å². The molecule has 0 saturated carbocycles. The van der Waals surface area contributed by atoms with Crippen LogP contribution in [0.2, 0.25) is 0 Å². The quantitative estimate of drug-likeness (QED) is 0.676. The minimum Gasteiger partial charge on any atom is -0.451 e. The third kappa shape index (κ3) is 4.03. The van der Waals surface area contributed by atoms with E-state index in [-0.39, 0.29) is 23.4 Å². The van der Waals surface area contributed by atoms with Crippen LogP contribution in [0.25, 0.3) is 11.3 Å². The standard InChI is InChI=1S/C22H18F2N2O3/c23-17-6-4-15(5-7-17)19-8-9-20(29-19)22(28)26-12-10-25(11-13-26)21(27)16-2-1-3-18(24)14-16/h1-9,14H,10-13H2. The van der Waals surface area contributed by atoms with Crippen LogP contribution in [0, 0.1) is 11.6 Å². The van der Waals surface area contributed by atoms with Crippen molar-refractivity contribution in [3.05, 3.63) is 83.6 Å². The number of piperazine rings is 1. The largest absolute Gasteiger partial charge is 0.451 e. The lowest BCUT2D eigenvalue weighted by Gasteiger charge is -2.34. The Morgan fingerprint density at radius 1 is 0.759 bits per heavy atom. The Morgan fingerprint density at radius 2 is 1.41 bits per heavy atom. The maximum absolute atomic E-state index is 13.3. The summed E-state index contributed by atoms with van der Waals surface area (Å²) in [6.07, 6.45) is 0. The van der Waals surface area contributed by atoms with Crippen molar-refractivity contribution in [1.82, 2.24) is 9.80 Å². The average molecular weight is 396 g/mol. The molecule has 0 radical (unpaired) electrons. The molecule has 2 aromatic carbocycles. The summed E-state index contributed by atoms with van der Waals surface area (Å²) in [5.41, 5.74) is 0.968. The van der Waals surface area contributed by atoms with Crippen LogP contribution >= 0.6 is 0 Å². The van der Waals surface area contributed by atoms with Crippen LogP contribution in [0.5, 0.6) is 0 Å². The maximum atomic E-state index is 13.3. The third-order valence-corrected chi connectivity index (χ3v) is 4.87. The lowest BCUT2D eigenvalue weighted by molar-refractivity contribution is 0.0518. The minimum absolute atomic E-state index is 0.189. The molecule has 29 heavy (non-hydrogen) atoms. The molecule has 0 spiro atoms. The van der Waals surface area contributed by atoms with Crippen LogP contribution in [-0.4, -0.2) is 47.8 Å². The number of furan rings is 1. The van der Waals surface area contributed by atoms with Gasteiger partial charge in [0.15, 0.2) is 5.76 Å². The van der Waals surface area contributed by atoms with Crippen molar-refractivity contribution in [3.8, 4) is 11.3 Å². The number of hydrogen-bond acceptors (Lipinski definition) is 3. The molecule has 0 unspecified atom stereocenters. The van der Waals surface area contributed by atoms with E-state index in [4.69, 9.17) is 4.42 Å². The first-order valence-corrected chi connectivity index (χ1v) is 9.21. The van der Waals surface area contributed by atoms with Gasteiger partial charge in [-0.15, -0.1) is 0 Å². The molecule has 1 fully saturated rings. The van der Waals surface area contributed by atoms with E-state index in [1.165, 1.54) is 30.3 Å². The molecule has 7 heteroatoms. The van der Waals surface area contributed by atoms with E-state index in [0.717, 1.165) is 0 Å². The van der Waals surface area contributed by atoms with Crippen molar-refractivity contribution >= 4 is 11.8 Å². The Kier molecular flexibility index (Phi) is 5.12. The molecular formula is C22H18F2N2O3. The van der Waals surface area contributed by atoms with Gasteiger partial charge in [0.1, 0.15) is 17.4 Å². The molecule has 5 nitrogen and oxygen atoms in total. The highest BCUT2D eigenvalue weighted by Crippen LogP contribution is 2.23. The normalized spacial score (nSPS) is 14.1. The van der Waals surface area contributed by atoms with Gasteiger partial charge in [0, 0.05) is 37.3 Å². The molecule has 1 aliphatic rings. The summed E-state index contributed by atoms with van der Waals surface area (Å²) >= 11 is 0. The highest BCUT2D eigenvalue weighted by Gasteiger charge is 2.27. The van der Waals surface area contributed by atoms with E-state index in [1.807, 2.05) is 0 Å². The molecule has 1 saturated heterocycles. The number of halogens is 2. The molecule has 0 aliphatic carbocycles. The van der Waals surface area contributed by atoms with E-state index in [1.54, 1.807) is 40.1 Å². The van der Waals surface area contributed by atoms with Gasteiger partial charge in [-0.05, 0) is 54.6 Å². The van der Waals surface area contributed by atoms with Gasteiger partial charge in [0.05, 0.1) is 0 Å². The minimum atomic E-state index is -0.459. The molecule has 2 heterocycles. The van der Waals surface area contributed by atoms with Gasteiger partial charge in [0.2, 0.25) is 0 Å². The zero-order chi connectivity index (χ0) is 20.4. The predicted octanol–water partition coefficient (Wildman–Crippen LogP) is 3.82. The highest BCUT2D eigenvalue weighted by molar-refractivity contribution is 5.95. The number of carbonyl (C=O) groups is 2. The Hall–Kier alpha value is -3.48. The monoisotopic (exact) mass is 396 g/mol. The fraction of sp³-hybridized carbons (Fsp3) is 0.182. The second kappa shape index (κ2) is 7.87. The third-order valence-electron chi connectivity index (χ3n) is 4.87. The molecule has 4 rings (SSSR count). The lowest BCUT2D eigenvalue weighted by atomic mass is 10.1. The van der Waals surface area contributed by atoms with Gasteiger partial charge in [-0.2, -0.15) is 0 Å². The summed E-state index contributed by atoms with van der Waals surface area (Å²) < 4.78 is 32.0. The van der Waals surface area contributed by atoms with Crippen LogP contribution in [0.15, 0.2) is 65.1 Å². The topological polar surface area (TPSA) is 53.8 Å². The molecule has 0 N–H and O–H groups in total. The first-order valence-electron chi connectivity index (χ1n) is 9.21. The van der Waals surface area contributed by atoms with Crippen molar-refractivity contribution in [2.45, 2.75) is 0 Å². The maximum Gasteiger partial charge on any atom is 0.289 e. The summed E-state index contributed by atoms with van der Waals surface area (Å²) in [4.78, 5) is 28.4. The molecule has 3 aromatic rings. The van der Waals surface area contributed by atoms with Crippen molar-refractivity contribution < 1.29 is 22.8 Å². The molecule has 148 valence electrons. The summed E-state index contributed by atoms with van der Waals surface area (Å²) in [6.45, 7) is 1.41. The first-order chi connectivity index (χ1) is 14.0. The summed E-state index contributed by atoms with van der Waals surface area (Å²) in [6, 6.07) is 14.6. The number of hydrogen-bond donors (Lipinski definition) is 0. The SMILES string of the molecule is O=C(c1cccc(F)c1)N1CCN(C(=O)c2ccc(-c3ccc(F)cc3)o2)CC1. The average Bonchev–Trinajstić information content (AvgIpc) is 3.23. The van der Waals surface area contributed by atoms with Crippen molar-refractivity contribution in [2.24, 2.45) is 0 Å². The number of amides is 2. The fourth-order valence-electron chi connectivity index (χ4n) is 3.29. The molecular weight excluding hydrogens is 378 g/mol. The molecule has 2 amide bonds. The van der Waals surface area contributed by atoms with E-state index < -0.39 is 5.82 Å². The van der Waals surface area contributed by atoms with E-state index in [0.29, 0.717) is 43.1 Å². The zero-order valence-electron chi connectivity index (χ0n) is 15.5. The molecule has 1 aromatic heterocycles. The van der Waals surface area contributed by atoms with Gasteiger partial charge in [-0.1, -0.05) is 6.07 Å². The lowest BCUT2D eigenvalue weighted by Crippen LogP contribution is -2.50. The molecule has 1 aliphatic heterocycles. The van der Waals surface area contributed by atoms with Crippen LogP contribution in [-0.2, 0) is 0 Å². The van der Waals surface area contributed by atoms with Crippen LogP contribution in [0.3, 0.4) is 0 Å². The van der Waals surface area contributed by atoms with E-state index in [9.17, 15) is 18.4 Å². The molecule has 0 bridgehead atoms. The highest BCUT2D eigenvalue weighted by atomic mass is 19.1.